The summed E-state index contributed by atoms with van der Waals surface area (Å²) in [5.41, 5.74) is 7.02. The molecule has 2 unspecified atom stereocenters. The lowest BCUT2D eigenvalue weighted by Crippen LogP contribution is -2.45. The minimum Gasteiger partial charge on any atom is -0.378 e. The fourth-order valence-corrected chi connectivity index (χ4v) is 2.57. The van der Waals surface area contributed by atoms with Crippen molar-refractivity contribution in [2.45, 2.75) is 31.8 Å². The van der Waals surface area contributed by atoms with E-state index >= 15 is 0 Å². The molecule has 1 aliphatic heterocycles. The predicted molar refractivity (Wildman–Crippen MR) is 74.4 cm³/mol. The summed E-state index contributed by atoms with van der Waals surface area (Å²) in [7, 11) is 0. The van der Waals surface area contributed by atoms with Crippen LogP contribution in [0.5, 0.6) is 0 Å². The van der Waals surface area contributed by atoms with E-state index in [9.17, 15) is 4.39 Å². The number of nitrogens with two attached hydrogens (primary N) is 1. The van der Waals surface area contributed by atoms with Crippen LogP contribution in [0.3, 0.4) is 0 Å². The summed E-state index contributed by atoms with van der Waals surface area (Å²) >= 11 is 0. The summed E-state index contributed by atoms with van der Waals surface area (Å²) < 4.78 is 18.6. The molecule has 0 aliphatic carbocycles. The van der Waals surface area contributed by atoms with E-state index in [1.165, 1.54) is 12.1 Å². The molecule has 0 bridgehead atoms. The Morgan fingerprint density at radius 1 is 1.53 bits per heavy atom. The van der Waals surface area contributed by atoms with Gasteiger partial charge in [0.15, 0.2) is 0 Å². The zero-order chi connectivity index (χ0) is 13.7. The number of halogens is 1. The molecule has 2 rings (SSSR count). The molecular formula is C15H23FN2O. The van der Waals surface area contributed by atoms with Gasteiger partial charge in [0, 0.05) is 25.2 Å². The van der Waals surface area contributed by atoms with Crippen molar-refractivity contribution in [1.29, 1.82) is 0 Å². The number of nitrogens with zero attached hydrogens (tertiary/aromatic N) is 1. The van der Waals surface area contributed by atoms with Gasteiger partial charge in [-0.1, -0.05) is 19.1 Å². The third-order valence-electron chi connectivity index (χ3n) is 3.82. The van der Waals surface area contributed by atoms with Gasteiger partial charge in [-0.15, -0.1) is 0 Å². The number of morpholine rings is 1. The maximum Gasteiger partial charge on any atom is 0.123 e. The van der Waals surface area contributed by atoms with Crippen molar-refractivity contribution in [1.82, 2.24) is 4.90 Å². The normalized spacial score (nSPS) is 22.4. The van der Waals surface area contributed by atoms with Crippen LogP contribution in [0.2, 0.25) is 0 Å². The quantitative estimate of drug-likeness (QED) is 0.889. The van der Waals surface area contributed by atoms with Crippen LogP contribution in [-0.2, 0) is 4.74 Å². The van der Waals surface area contributed by atoms with Crippen molar-refractivity contribution >= 4 is 0 Å². The Bertz CT molecular complexity index is 399. The summed E-state index contributed by atoms with van der Waals surface area (Å²) in [6.45, 7) is 5.70. The van der Waals surface area contributed by atoms with Gasteiger partial charge in [0.25, 0.3) is 0 Å². The Balaban J connectivity index is 1.87. The lowest BCUT2D eigenvalue weighted by molar-refractivity contribution is -0.00964. The van der Waals surface area contributed by atoms with E-state index in [1.54, 1.807) is 6.07 Å². The van der Waals surface area contributed by atoms with Crippen molar-refractivity contribution in [3.63, 3.8) is 0 Å². The van der Waals surface area contributed by atoms with Crippen LogP contribution in [0.4, 0.5) is 4.39 Å². The monoisotopic (exact) mass is 266 g/mol. The third kappa shape index (κ3) is 4.00. The predicted octanol–water partition coefficient (Wildman–Crippen LogP) is 2.33. The third-order valence-corrected chi connectivity index (χ3v) is 3.82. The molecule has 1 aromatic rings. The zero-order valence-electron chi connectivity index (χ0n) is 11.5. The van der Waals surface area contributed by atoms with Gasteiger partial charge in [0.1, 0.15) is 5.82 Å². The van der Waals surface area contributed by atoms with Gasteiger partial charge in [0.05, 0.1) is 13.2 Å². The molecule has 2 atom stereocenters. The minimum atomic E-state index is -0.217. The molecule has 2 N–H and O–H groups in total. The van der Waals surface area contributed by atoms with Crippen LogP contribution >= 0.6 is 0 Å². The van der Waals surface area contributed by atoms with E-state index in [4.69, 9.17) is 10.5 Å². The maximum absolute atomic E-state index is 13.2. The van der Waals surface area contributed by atoms with Crippen molar-refractivity contribution in [3.05, 3.63) is 35.6 Å². The molecule has 0 aromatic heterocycles. The second kappa shape index (κ2) is 6.98. The van der Waals surface area contributed by atoms with Crippen LogP contribution in [0.15, 0.2) is 24.3 Å². The van der Waals surface area contributed by atoms with Gasteiger partial charge in [-0.2, -0.15) is 0 Å². The van der Waals surface area contributed by atoms with Gasteiger partial charge < -0.3 is 10.5 Å². The number of ether oxygens (including phenoxy) is 1. The Morgan fingerprint density at radius 2 is 2.37 bits per heavy atom. The number of hydrogen-bond donors (Lipinski definition) is 1. The highest BCUT2D eigenvalue weighted by molar-refractivity contribution is 5.19. The first kappa shape index (κ1) is 14.4. The summed E-state index contributed by atoms with van der Waals surface area (Å²) in [6.07, 6.45) is 1.94. The minimum absolute atomic E-state index is 0.101. The molecule has 0 radical (unpaired) electrons. The highest BCUT2D eigenvalue weighted by Crippen LogP contribution is 2.18. The Labute approximate surface area is 114 Å². The smallest absolute Gasteiger partial charge is 0.123 e. The lowest BCUT2D eigenvalue weighted by Gasteiger charge is -2.35. The fourth-order valence-electron chi connectivity index (χ4n) is 2.57. The molecule has 1 heterocycles. The number of benzene rings is 1. The molecule has 1 fully saturated rings. The van der Waals surface area contributed by atoms with Crippen LogP contribution in [-0.4, -0.2) is 37.2 Å². The SMILES string of the molecule is CCC1COCCN1CCC(N)c1cccc(F)c1. The zero-order valence-corrected chi connectivity index (χ0v) is 11.5. The van der Waals surface area contributed by atoms with E-state index in [0.717, 1.165) is 44.7 Å². The van der Waals surface area contributed by atoms with Gasteiger partial charge in [-0.25, -0.2) is 4.39 Å². The molecule has 4 heteroatoms. The molecule has 106 valence electrons. The second-order valence-electron chi connectivity index (χ2n) is 5.12. The first-order valence-electron chi connectivity index (χ1n) is 7.03. The first-order valence-corrected chi connectivity index (χ1v) is 7.03. The Morgan fingerprint density at radius 3 is 3.11 bits per heavy atom. The van der Waals surface area contributed by atoms with Crippen molar-refractivity contribution < 1.29 is 9.13 Å². The molecule has 0 amide bonds. The lowest BCUT2D eigenvalue weighted by atomic mass is 10.0. The van der Waals surface area contributed by atoms with E-state index in [-0.39, 0.29) is 11.9 Å². The number of hydrogen-bond acceptors (Lipinski definition) is 3. The molecule has 0 spiro atoms. The highest BCUT2D eigenvalue weighted by Gasteiger charge is 2.21. The van der Waals surface area contributed by atoms with Crippen LogP contribution in [0.25, 0.3) is 0 Å². The van der Waals surface area contributed by atoms with Crippen molar-refractivity contribution in [2.75, 3.05) is 26.3 Å². The van der Waals surface area contributed by atoms with Crippen LogP contribution in [0, 0.1) is 5.82 Å². The van der Waals surface area contributed by atoms with E-state index in [0.29, 0.717) is 6.04 Å². The van der Waals surface area contributed by atoms with Crippen LogP contribution in [0.1, 0.15) is 31.4 Å². The average Bonchev–Trinajstić information content (AvgIpc) is 2.45. The second-order valence-corrected chi connectivity index (χ2v) is 5.12. The van der Waals surface area contributed by atoms with Gasteiger partial charge in [-0.3, -0.25) is 4.90 Å². The van der Waals surface area contributed by atoms with E-state index < -0.39 is 0 Å². The van der Waals surface area contributed by atoms with E-state index in [2.05, 4.69) is 11.8 Å². The average molecular weight is 266 g/mol. The van der Waals surface area contributed by atoms with E-state index in [1.807, 2.05) is 6.07 Å². The molecule has 19 heavy (non-hydrogen) atoms. The number of rotatable bonds is 5. The summed E-state index contributed by atoms with van der Waals surface area (Å²) in [6, 6.07) is 6.98. The molecule has 1 aliphatic rings. The highest BCUT2D eigenvalue weighted by atomic mass is 19.1. The molecule has 1 saturated heterocycles. The molecule has 1 aromatic carbocycles. The fraction of sp³-hybridized carbons (Fsp3) is 0.600. The van der Waals surface area contributed by atoms with Gasteiger partial charge in [0.2, 0.25) is 0 Å². The molecular weight excluding hydrogens is 243 g/mol. The standard InChI is InChI=1S/C15H23FN2O/c1-2-14-11-19-9-8-18(14)7-6-15(17)12-4-3-5-13(16)10-12/h3-5,10,14-15H,2,6-9,11,17H2,1H3. The Kier molecular flexibility index (Phi) is 5.31. The van der Waals surface area contributed by atoms with Crippen LogP contribution < -0.4 is 5.73 Å². The summed E-state index contributed by atoms with van der Waals surface area (Å²) in [4.78, 5) is 2.43. The summed E-state index contributed by atoms with van der Waals surface area (Å²) in [5.74, 6) is -0.217. The van der Waals surface area contributed by atoms with Crippen molar-refractivity contribution in [2.24, 2.45) is 5.73 Å². The maximum atomic E-state index is 13.2. The molecule has 3 nitrogen and oxygen atoms in total. The summed E-state index contributed by atoms with van der Waals surface area (Å²) in [5, 5.41) is 0. The largest absolute Gasteiger partial charge is 0.378 e. The van der Waals surface area contributed by atoms with Crippen molar-refractivity contribution in [3.8, 4) is 0 Å². The first-order chi connectivity index (χ1) is 9.20. The van der Waals surface area contributed by atoms with Gasteiger partial charge in [-0.05, 0) is 30.5 Å². The topological polar surface area (TPSA) is 38.5 Å². The molecule has 0 saturated carbocycles. The Hall–Kier alpha value is -0.970. The van der Waals surface area contributed by atoms with Gasteiger partial charge >= 0.3 is 0 Å².